The third-order valence-corrected chi connectivity index (χ3v) is 4.00. The first-order chi connectivity index (χ1) is 12.0. The highest BCUT2D eigenvalue weighted by Gasteiger charge is 2.10. The summed E-state index contributed by atoms with van der Waals surface area (Å²) in [5.41, 5.74) is 2.77. The zero-order valence-electron chi connectivity index (χ0n) is 14.7. The van der Waals surface area contributed by atoms with Crippen molar-refractivity contribution in [3.05, 3.63) is 58.1 Å². The van der Waals surface area contributed by atoms with E-state index in [0.717, 1.165) is 11.1 Å². The number of aryl methyl sites for hydroxylation is 1. The molecule has 134 valence electrons. The summed E-state index contributed by atoms with van der Waals surface area (Å²) in [6, 6.07) is 11.2. The molecule has 0 bridgehead atoms. The molecule has 5 nitrogen and oxygen atoms in total. The molecule has 2 aromatic carbocycles. The molecule has 6 heteroatoms. The van der Waals surface area contributed by atoms with Gasteiger partial charge in [0.25, 0.3) is 5.91 Å². The fraction of sp³-hybridized carbons (Fsp3) is 0.316. The molecule has 0 aromatic heterocycles. The first kappa shape index (κ1) is 19.1. The monoisotopic (exact) mass is 362 g/mol. The first-order valence-electron chi connectivity index (χ1n) is 8.01. The summed E-state index contributed by atoms with van der Waals surface area (Å²) >= 11 is 6.18. The zero-order valence-corrected chi connectivity index (χ0v) is 15.4. The van der Waals surface area contributed by atoms with Gasteiger partial charge in [-0.3, -0.25) is 4.79 Å². The number of nitrogens with one attached hydrogen (secondary N) is 2. The lowest BCUT2D eigenvalue weighted by atomic mass is 10.1. The Morgan fingerprint density at radius 2 is 1.80 bits per heavy atom. The van der Waals surface area contributed by atoms with Crippen LogP contribution in [0, 0.1) is 6.92 Å². The molecule has 2 aromatic rings. The van der Waals surface area contributed by atoms with Crippen LogP contribution in [0.5, 0.6) is 11.5 Å². The number of amides is 1. The lowest BCUT2D eigenvalue weighted by molar-refractivity contribution is 0.0954. The Bertz CT molecular complexity index is 717. The molecule has 0 radical (unpaired) electrons. The number of rotatable bonds is 8. The largest absolute Gasteiger partial charge is 0.493 e. The van der Waals surface area contributed by atoms with Crippen molar-refractivity contribution in [1.29, 1.82) is 0 Å². The van der Waals surface area contributed by atoms with Gasteiger partial charge in [-0.15, -0.1) is 0 Å². The zero-order chi connectivity index (χ0) is 18.2. The van der Waals surface area contributed by atoms with Gasteiger partial charge < -0.3 is 20.1 Å². The molecule has 0 heterocycles. The molecule has 2 rings (SSSR count). The van der Waals surface area contributed by atoms with E-state index >= 15 is 0 Å². The van der Waals surface area contributed by atoms with E-state index in [1.165, 1.54) is 0 Å². The van der Waals surface area contributed by atoms with Crippen LogP contribution in [0.4, 0.5) is 0 Å². The molecular formula is C19H23ClN2O3. The van der Waals surface area contributed by atoms with Crippen LogP contribution in [0.25, 0.3) is 0 Å². The minimum absolute atomic E-state index is 0.0732. The van der Waals surface area contributed by atoms with Crippen LogP contribution in [0.2, 0.25) is 5.02 Å². The van der Waals surface area contributed by atoms with Crippen LogP contribution in [0.1, 0.15) is 21.5 Å². The van der Waals surface area contributed by atoms with E-state index in [1.807, 2.05) is 43.3 Å². The molecule has 0 unspecified atom stereocenters. The number of benzene rings is 2. The molecule has 0 spiro atoms. The Morgan fingerprint density at radius 3 is 2.44 bits per heavy atom. The number of hydrogen-bond donors (Lipinski definition) is 2. The van der Waals surface area contributed by atoms with E-state index in [2.05, 4.69) is 10.6 Å². The molecule has 1 amide bonds. The molecule has 0 aliphatic heterocycles. The molecule has 0 atom stereocenters. The van der Waals surface area contributed by atoms with Gasteiger partial charge in [0.1, 0.15) is 0 Å². The predicted molar refractivity (Wildman–Crippen MR) is 99.8 cm³/mol. The average molecular weight is 363 g/mol. The molecule has 2 N–H and O–H groups in total. The van der Waals surface area contributed by atoms with Crippen molar-refractivity contribution in [2.75, 3.05) is 27.3 Å². The molecule has 0 fully saturated rings. The van der Waals surface area contributed by atoms with Gasteiger partial charge in [-0.2, -0.15) is 0 Å². The summed E-state index contributed by atoms with van der Waals surface area (Å²) in [5, 5.41) is 6.65. The normalized spacial score (nSPS) is 10.4. The number of ether oxygens (including phenoxy) is 2. The van der Waals surface area contributed by atoms with Gasteiger partial charge in [-0.1, -0.05) is 29.3 Å². The molecule has 25 heavy (non-hydrogen) atoms. The number of carbonyl (C=O) groups excluding carboxylic acids is 1. The highest BCUT2D eigenvalue weighted by atomic mass is 35.5. The van der Waals surface area contributed by atoms with Crippen LogP contribution >= 0.6 is 11.6 Å². The lowest BCUT2D eigenvalue weighted by Gasteiger charge is -2.12. The predicted octanol–water partition coefficient (Wildman–Crippen LogP) is 3.19. The second-order valence-corrected chi connectivity index (χ2v) is 6.02. The second-order valence-electron chi connectivity index (χ2n) is 5.61. The van der Waals surface area contributed by atoms with E-state index in [-0.39, 0.29) is 5.91 Å². The van der Waals surface area contributed by atoms with Gasteiger partial charge in [-0.05, 0) is 36.8 Å². The molecule has 0 aliphatic carbocycles. The van der Waals surface area contributed by atoms with Crippen molar-refractivity contribution < 1.29 is 14.3 Å². The van der Waals surface area contributed by atoms with Gasteiger partial charge in [-0.25, -0.2) is 0 Å². The van der Waals surface area contributed by atoms with E-state index in [0.29, 0.717) is 41.7 Å². The van der Waals surface area contributed by atoms with Crippen molar-refractivity contribution >= 4 is 17.5 Å². The quantitative estimate of drug-likeness (QED) is 0.708. The number of methoxy groups -OCH3 is 2. The van der Waals surface area contributed by atoms with Gasteiger partial charge >= 0.3 is 0 Å². The van der Waals surface area contributed by atoms with Gasteiger partial charge in [0.15, 0.2) is 11.5 Å². The van der Waals surface area contributed by atoms with Crippen molar-refractivity contribution in [2.24, 2.45) is 0 Å². The van der Waals surface area contributed by atoms with Crippen LogP contribution in [-0.2, 0) is 6.54 Å². The van der Waals surface area contributed by atoms with Crippen LogP contribution in [-0.4, -0.2) is 33.2 Å². The minimum atomic E-state index is -0.0732. The standard InChI is InChI=1S/C19H23ClN2O3/c1-13-4-6-15(7-5-13)19(23)22-9-8-21-12-14-10-16(20)18(25-3)17(11-14)24-2/h4-7,10-11,21H,8-9,12H2,1-3H3,(H,22,23). The summed E-state index contributed by atoms with van der Waals surface area (Å²) < 4.78 is 10.5. The Hall–Kier alpha value is -2.24. The molecule has 0 aliphatic rings. The third kappa shape index (κ3) is 5.37. The molecule has 0 saturated carbocycles. The lowest BCUT2D eigenvalue weighted by Crippen LogP contribution is -2.31. The average Bonchev–Trinajstić information content (AvgIpc) is 2.61. The maximum atomic E-state index is 12.0. The van der Waals surface area contributed by atoms with Crippen LogP contribution < -0.4 is 20.1 Å². The van der Waals surface area contributed by atoms with E-state index in [4.69, 9.17) is 21.1 Å². The summed E-state index contributed by atoms with van der Waals surface area (Å²) in [4.78, 5) is 12.0. The fourth-order valence-corrected chi connectivity index (χ4v) is 2.69. The molecule has 0 saturated heterocycles. The maximum Gasteiger partial charge on any atom is 0.251 e. The highest BCUT2D eigenvalue weighted by Crippen LogP contribution is 2.35. The SMILES string of the molecule is COc1cc(CNCCNC(=O)c2ccc(C)cc2)cc(Cl)c1OC. The number of halogens is 1. The second kappa shape index (κ2) is 9.30. The van der Waals surface area contributed by atoms with E-state index in [1.54, 1.807) is 14.2 Å². The Morgan fingerprint density at radius 1 is 1.08 bits per heavy atom. The summed E-state index contributed by atoms with van der Waals surface area (Å²) in [5.74, 6) is 1.05. The highest BCUT2D eigenvalue weighted by molar-refractivity contribution is 6.32. The van der Waals surface area contributed by atoms with Gasteiger partial charge in [0, 0.05) is 25.2 Å². The van der Waals surface area contributed by atoms with Crippen LogP contribution in [0.15, 0.2) is 36.4 Å². The van der Waals surface area contributed by atoms with Crippen molar-refractivity contribution in [3.8, 4) is 11.5 Å². The fourth-order valence-electron chi connectivity index (χ4n) is 2.38. The Labute approximate surface area is 153 Å². The Balaban J connectivity index is 1.78. The van der Waals surface area contributed by atoms with E-state index < -0.39 is 0 Å². The summed E-state index contributed by atoms with van der Waals surface area (Å²) in [6.07, 6.45) is 0. The third-order valence-electron chi connectivity index (χ3n) is 3.72. The minimum Gasteiger partial charge on any atom is -0.493 e. The topological polar surface area (TPSA) is 59.6 Å². The van der Waals surface area contributed by atoms with Crippen molar-refractivity contribution in [2.45, 2.75) is 13.5 Å². The maximum absolute atomic E-state index is 12.0. The van der Waals surface area contributed by atoms with Crippen molar-refractivity contribution in [1.82, 2.24) is 10.6 Å². The van der Waals surface area contributed by atoms with Gasteiger partial charge in [0.05, 0.1) is 19.2 Å². The summed E-state index contributed by atoms with van der Waals surface area (Å²) in [7, 11) is 3.13. The smallest absolute Gasteiger partial charge is 0.251 e. The Kier molecular flexibility index (Phi) is 7.10. The van der Waals surface area contributed by atoms with Crippen molar-refractivity contribution in [3.63, 3.8) is 0 Å². The van der Waals surface area contributed by atoms with Crippen LogP contribution in [0.3, 0.4) is 0 Å². The van der Waals surface area contributed by atoms with Gasteiger partial charge in [0.2, 0.25) is 0 Å². The van der Waals surface area contributed by atoms with E-state index in [9.17, 15) is 4.79 Å². The number of carbonyl (C=O) groups is 1. The number of hydrogen-bond acceptors (Lipinski definition) is 4. The molecular weight excluding hydrogens is 340 g/mol. The first-order valence-corrected chi connectivity index (χ1v) is 8.39. The summed E-state index contributed by atoms with van der Waals surface area (Å²) in [6.45, 7) is 3.78.